The molecule has 0 aromatic rings. The fraction of sp³-hybridized carbons (Fsp3) is 0.727. The van der Waals surface area contributed by atoms with Crippen molar-refractivity contribution < 1.29 is 4.79 Å². The first-order valence-corrected chi connectivity index (χ1v) is 4.89. The molecule has 0 aromatic heterocycles. The van der Waals surface area contributed by atoms with Gasteiger partial charge in [-0.3, -0.25) is 4.79 Å². The molecule has 0 radical (unpaired) electrons. The van der Waals surface area contributed by atoms with Gasteiger partial charge in [0.2, 0.25) is 0 Å². The van der Waals surface area contributed by atoms with Crippen LogP contribution in [-0.2, 0) is 4.79 Å². The highest BCUT2D eigenvalue weighted by Crippen LogP contribution is 2.13. The standard InChI is InChI=1S/C11H21NO/c1-9(2)8-11(10(3)13)6-5-7-12-4/h5-6,9,11-12H,7-8H2,1-4H3/b6-5-/t11-/m1/s1. The summed E-state index contributed by atoms with van der Waals surface area (Å²) in [6, 6.07) is 0. The molecule has 0 spiro atoms. The van der Waals surface area contributed by atoms with Crippen molar-refractivity contribution in [1.29, 1.82) is 0 Å². The van der Waals surface area contributed by atoms with E-state index in [4.69, 9.17) is 0 Å². The summed E-state index contributed by atoms with van der Waals surface area (Å²) in [6.45, 7) is 6.78. The summed E-state index contributed by atoms with van der Waals surface area (Å²) in [7, 11) is 1.90. The Kier molecular flexibility index (Phi) is 6.51. The Bertz CT molecular complexity index is 173. The third kappa shape index (κ3) is 6.52. The van der Waals surface area contributed by atoms with Crippen LogP contribution >= 0.6 is 0 Å². The van der Waals surface area contributed by atoms with Crippen molar-refractivity contribution in [3.05, 3.63) is 12.2 Å². The predicted molar refractivity (Wildman–Crippen MR) is 56.7 cm³/mol. The molecule has 2 heteroatoms. The zero-order valence-electron chi connectivity index (χ0n) is 9.13. The van der Waals surface area contributed by atoms with Gasteiger partial charge in [-0.15, -0.1) is 0 Å². The first-order valence-electron chi connectivity index (χ1n) is 4.89. The number of allylic oxidation sites excluding steroid dienone is 1. The van der Waals surface area contributed by atoms with Crippen LogP contribution in [0.25, 0.3) is 0 Å². The zero-order valence-corrected chi connectivity index (χ0v) is 9.13. The van der Waals surface area contributed by atoms with Gasteiger partial charge in [-0.05, 0) is 26.3 Å². The van der Waals surface area contributed by atoms with E-state index in [1.807, 2.05) is 19.2 Å². The Hall–Kier alpha value is -0.630. The topological polar surface area (TPSA) is 29.1 Å². The second-order valence-electron chi connectivity index (χ2n) is 3.83. The van der Waals surface area contributed by atoms with Gasteiger partial charge in [0.1, 0.15) is 5.78 Å². The van der Waals surface area contributed by atoms with Crippen LogP contribution in [0.1, 0.15) is 27.2 Å². The summed E-state index contributed by atoms with van der Waals surface area (Å²) >= 11 is 0. The molecule has 0 aliphatic carbocycles. The molecule has 1 atom stereocenters. The highest BCUT2D eigenvalue weighted by atomic mass is 16.1. The van der Waals surface area contributed by atoms with Gasteiger partial charge < -0.3 is 5.32 Å². The molecule has 0 saturated heterocycles. The molecule has 0 aliphatic heterocycles. The molecular formula is C11H21NO. The maximum absolute atomic E-state index is 11.2. The molecule has 0 rings (SSSR count). The van der Waals surface area contributed by atoms with E-state index in [2.05, 4.69) is 19.2 Å². The molecule has 2 nitrogen and oxygen atoms in total. The molecule has 0 saturated carbocycles. The van der Waals surface area contributed by atoms with Gasteiger partial charge >= 0.3 is 0 Å². The number of rotatable bonds is 6. The molecular weight excluding hydrogens is 162 g/mol. The van der Waals surface area contributed by atoms with E-state index in [9.17, 15) is 4.79 Å². The number of nitrogens with one attached hydrogen (secondary N) is 1. The minimum absolute atomic E-state index is 0.105. The Morgan fingerprint density at radius 1 is 1.46 bits per heavy atom. The van der Waals surface area contributed by atoms with Crippen molar-refractivity contribution in [3.8, 4) is 0 Å². The molecule has 0 aromatic carbocycles. The molecule has 0 fully saturated rings. The van der Waals surface area contributed by atoms with E-state index >= 15 is 0 Å². The fourth-order valence-electron chi connectivity index (χ4n) is 1.24. The van der Waals surface area contributed by atoms with Crippen LogP contribution in [0.5, 0.6) is 0 Å². The van der Waals surface area contributed by atoms with Crippen molar-refractivity contribution in [2.45, 2.75) is 27.2 Å². The van der Waals surface area contributed by atoms with Crippen molar-refractivity contribution in [3.63, 3.8) is 0 Å². The normalized spacial score (nSPS) is 13.9. The summed E-state index contributed by atoms with van der Waals surface area (Å²) in [5.74, 6) is 0.947. The summed E-state index contributed by atoms with van der Waals surface area (Å²) in [5.41, 5.74) is 0. The van der Waals surface area contributed by atoms with Gasteiger partial charge in [0.15, 0.2) is 0 Å². The minimum atomic E-state index is 0.105. The van der Waals surface area contributed by atoms with E-state index in [1.165, 1.54) is 0 Å². The predicted octanol–water partition coefficient (Wildman–Crippen LogP) is 2.01. The van der Waals surface area contributed by atoms with Gasteiger partial charge in [-0.25, -0.2) is 0 Å². The van der Waals surface area contributed by atoms with E-state index in [1.54, 1.807) is 6.92 Å². The second kappa shape index (κ2) is 6.84. The maximum Gasteiger partial charge on any atom is 0.136 e. The average molecular weight is 183 g/mol. The third-order valence-corrected chi connectivity index (χ3v) is 1.94. The Balaban J connectivity index is 4.02. The summed E-state index contributed by atoms with van der Waals surface area (Å²) in [6.07, 6.45) is 4.99. The SMILES string of the molecule is CNC/C=C\[C@H](CC(C)C)C(C)=O. The van der Waals surface area contributed by atoms with Gasteiger partial charge in [0.05, 0.1) is 0 Å². The number of carbonyl (C=O) groups is 1. The van der Waals surface area contributed by atoms with Crippen molar-refractivity contribution in [2.75, 3.05) is 13.6 Å². The van der Waals surface area contributed by atoms with Crippen LogP contribution in [0.2, 0.25) is 0 Å². The Labute approximate surface area is 81.4 Å². The Morgan fingerprint density at radius 2 is 2.08 bits per heavy atom. The number of ketones is 1. The van der Waals surface area contributed by atoms with E-state index in [0.717, 1.165) is 13.0 Å². The molecule has 1 N–H and O–H groups in total. The summed E-state index contributed by atoms with van der Waals surface area (Å²) < 4.78 is 0. The van der Waals surface area contributed by atoms with E-state index in [0.29, 0.717) is 5.92 Å². The number of hydrogen-bond donors (Lipinski definition) is 1. The summed E-state index contributed by atoms with van der Waals surface area (Å²) in [5, 5.41) is 3.02. The quantitative estimate of drug-likeness (QED) is 0.638. The second-order valence-corrected chi connectivity index (χ2v) is 3.83. The number of Topliss-reactive ketones (excluding diaryl/α,β-unsaturated/α-hetero) is 1. The van der Waals surface area contributed by atoms with Crippen LogP contribution in [0, 0.1) is 11.8 Å². The first kappa shape index (κ1) is 12.4. The third-order valence-electron chi connectivity index (χ3n) is 1.94. The highest BCUT2D eigenvalue weighted by molar-refractivity contribution is 5.80. The molecule has 0 bridgehead atoms. The number of carbonyl (C=O) groups excluding carboxylic acids is 1. The lowest BCUT2D eigenvalue weighted by molar-refractivity contribution is -0.119. The zero-order chi connectivity index (χ0) is 10.3. The minimum Gasteiger partial charge on any atom is -0.316 e. The van der Waals surface area contributed by atoms with Crippen LogP contribution in [0.3, 0.4) is 0 Å². The van der Waals surface area contributed by atoms with Gasteiger partial charge in [0, 0.05) is 12.5 Å². The monoisotopic (exact) mass is 183 g/mol. The number of likely N-dealkylation sites (N-methyl/N-ethyl adjacent to an activating group) is 1. The smallest absolute Gasteiger partial charge is 0.136 e. The van der Waals surface area contributed by atoms with Crippen LogP contribution in [-0.4, -0.2) is 19.4 Å². The molecule has 13 heavy (non-hydrogen) atoms. The van der Waals surface area contributed by atoms with Crippen molar-refractivity contribution in [1.82, 2.24) is 5.32 Å². The summed E-state index contributed by atoms with van der Waals surface area (Å²) in [4.78, 5) is 11.2. The van der Waals surface area contributed by atoms with Crippen molar-refractivity contribution >= 4 is 5.78 Å². The van der Waals surface area contributed by atoms with Gasteiger partial charge in [-0.2, -0.15) is 0 Å². The Morgan fingerprint density at radius 3 is 2.46 bits per heavy atom. The molecule has 0 heterocycles. The van der Waals surface area contributed by atoms with Crippen LogP contribution in [0.15, 0.2) is 12.2 Å². The lowest BCUT2D eigenvalue weighted by Crippen LogP contribution is -2.12. The first-order chi connectivity index (χ1) is 6.07. The van der Waals surface area contributed by atoms with E-state index < -0.39 is 0 Å². The van der Waals surface area contributed by atoms with Crippen LogP contribution < -0.4 is 5.32 Å². The largest absolute Gasteiger partial charge is 0.316 e. The molecule has 0 aliphatic rings. The average Bonchev–Trinajstić information content (AvgIpc) is 2.02. The molecule has 0 amide bonds. The molecule has 76 valence electrons. The van der Waals surface area contributed by atoms with Crippen LogP contribution in [0.4, 0.5) is 0 Å². The highest BCUT2D eigenvalue weighted by Gasteiger charge is 2.11. The van der Waals surface area contributed by atoms with E-state index in [-0.39, 0.29) is 11.7 Å². The molecule has 0 unspecified atom stereocenters. The fourth-order valence-corrected chi connectivity index (χ4v) is 1.24. The maximum atomic E-state index is 11.2. The lowest BCUT2D eigenvalue weighted by atomic mass is 9.93. The number of hydrogen-bond acceptors (Lipinski definition) is 2. The van der Waals surface area contributed by atoms with Gasteiger partial charge in [-0.1, -0.05) is 26.0 Å². The van der Waals surface area contributed by atoms with Gasteiger partial charge in [0.25, 0.3) is 0 Å². The lowest BCUT2D eigenvalue weighted by Gasteiger charge is -2.11. The van der Waals surface area contributed by atoms with Crippen molar-refractivity contribution in [2.24, 2.45) is 11.8 Å².